The topological polar surface area (TPSA) is 37.4 Å². The van der Waals surface area contributed by atoms with Crippen molar-refractivity contribution < 1.29 is 9.59 Å². The summed E-state index contributed by atoms with van der Waals surface area (Å²) in [5.41, 5.74) is 1.48. The van der Waals surface area contributed by atoms with Crippen LogP contribution in [0.3, 0.4) is 0 Å². The molecule has 18 heavy (non-hydrogen) atoms. The van der Waals surface area contributed by atoms with Crippen molar-refractivity contribution in [3.8, 4) is 0 Å². The summed E-state index contributed by atoms with van der Waals surface area (Å²) in [6, 6.07) is 7.52. The molecule has 0 atom stereocenters. The monoisotopic (exact) mass is 245 g/mol. The highest BCUT2D eigenvalue weighted by molar-refractivity contribution is 5.98. The van der Waals surface area contributed by atoms with E-state index in [0.717, 1.165) is 12.0 Å². The van der Waals surface area contributed by atoms with Gasteiger partial charge in [0.25, 0.3) is 5.91 Å². The quantitative estimate of drug-likeness (QED) is 0.762. The number of hydrogen-bond donors (Lipinski definition) is 0. The van der Waals surface area contributed by atoms with Gasteiger partial charge in [0.1, 0.15) is 0 Å². The van der Waals surface area contributed by atoms with E-state index in [0.29, 0.717) is 12.0 Å². The summed E-state index contributed by atoms with van der Waals surface area (Å²) in [6.45, 7) is 6.24. The molecule has 1 fully saturated rings. The molecule has 0 aromatic heterocycles. The van der Waals surface area contributed by atoms with Crippen LogP contribution in [-0.4, -0.2) is 28.7 Å². The third kappa shape index (κ3) is 2.45. The van der Waals surface area contributed by atoms with Gasteiger partial charge in [0.2, 0.25) is 0 Å². The molecular formula is C15H19NO2. The lowest BCUT2D eigenvalue weighted by Gasteiger charge is -2.41. The van der Waals surface area contributed by atoms with Crippen molar-refractivity contribution in [1.82, 2.24) is 4.90 Å². The zero-order chi connectivity index (χ0) is 13.3. The molecule has 0 radical (unpaired) electrons. The summed E-state index contributed by atoms with van der Waals surface area (Å²) < 4.78 is 0. The van der Waals surface area contributed by atoms with E-state index >= 15 is 0 Å². The summed E-state index contributed by atoms with van der Waals surface area (Å²) in [7, 11) is 0. The van der Waals surface area contributed by atoms with Gasteiger partial charge < -0.3 is 4.90 Å². The molecule has 1 amide bonds. The average molecular weight is 245 g/mol. The van der Waals surface area contributed by atoms with Crippen LogP contribution in [0.4, 0.5) is 0 Å². The number of ketones is 1. The first-order valence-corrected chi connectivity index (χ1v) is 6.30. The van der Waals surface area contributed by atoms with Crippen molar-refractivity contribution in [1.29, 1.82) is 0 Å². The molecule has 3 nitrogen and oxygen atoms in total. The molecule has 1 heterocycles. The number of Topliss-reactive ketones (excluding diaryl/α,β-unsaturated/α-hetero) is 1. The van der Waals surface area contributed by atoms with Gasteiger partial charge >= 0.3 is 0 Å². The lowest BCUT2D eigenvalue weighted by molar-refractivity contribution is -0.124. The van der Waals surface area contributed by atoms with Crippen LogP contribution in [0.2, 0.25) is 0 Å². The Bertz CT molecular complexity index is 491. The number of piperidine rings is 1. The summed E-state index contributed by atoms with van der Waals surface area (Å²) >= 11 is 0. The zero-order valence-electron chi connectivity index (χ0n) is 11.2. The third-order valence-corrected chi connectivity index (χ3v) is 3.59. The number of hydrogen-bond acceptors (Lipinski definition) is 2. The van der Waals surface area contributed by atoms with Crippen LogP contribution >= 0.6 is 0 Å². The zero-order valence-corrected chi connectivity index (χ0v) is 11.2. The Morgan fingerprint density at radius 3 is 2.72 bits per heavy atom. The van der Waals surface area contributed by atoms with Crippen molar-refractivity contribution in [2.75, 3.05) is 6.54 Å². The Balaban J connectivity index is 2.29. The van der Waals surface area contributed by atoms with Gasteiger partial charge in [0.15, 0.2) is 5.78 Å². The molecule has 0 bridgehead atoms. The van der Waals surface area contributed by atoms with Gasteiger partial charge in [-0.2, -0.15) is 0 Å². The molecule has 1 aliphatic heterocycles. The highest BCUT2D eigenvalue weighted by Gasteiger charge is 2.36. The molecule has 2 rings (SSSR count). The standard InChI is InChI=1S/C15H19NO2/c1-11-5-4-6-12(9-11)14(18)16-10-13(17)7-8-15(16,2)3/h4-6,9H,7-8,10H2,1-3H3. The fourth-order valence-corrected chi connectivity index (χ4v) is 2.33. The second-order valence-corrected chi connectivity index (χ2v) is 5.61. The fraction of sp³-hybridized carbons (Fsp3) is 0.467. The Morgan fingerprint density at radius 2 is 2.06 bits per heavy atom. The van der Waals surface area contributed by atoms with Crippen LogP contribution in [0.1, 0.15) is 42.6 Å². The number of carbonyl (C=O) groups is 2. The van der Waals surface area contributed by atoms with Crippen LogP contribution in [0.5, 0.6) is 0 Å². The predicted molar refractivity (Wildman–Crippen MR) is 70.5 cm³/mol. The van der Waals surface area contributed by atoms with Gasteiger partial charge in [-0.05, 0) is 39.3 Å². The van der Waals surface area contributed by atoms with E-state index in [1.165, 1.54) is 0 Å². The van der Waals surface area contributed by atoms with Gasteiger partial charge in [0.05, 0.1) is 6.54 Å². The molecule has 0 unspecified atom stereocenters. The number of likely N-dealkylation sites (tertiary alicyclic amines) is 1. The van der Waals surface area contributed by atoms with Crippen molar-refractivity contribution in [2.45, 2.75) is 39.2 Å². The highest BCUT2D eigenvalue weighted by atomic mass is 16.2. The molecule has 1 saturated heterocycles. The van der Waals surface area contributed by atoms with Crippen LogP contribution in [0, 0.1) is 6.92 Å². The van der Waals surface area contributed by atoms with Crippen molar-refractivity contribution in [2.24, 2.45) is 0 Å². The maximum atomic E-state index is 12.5. The van der Waals surface area contributed by atoms with E-state index in [9.17, 15) is 9.59 Å². The SMILES string of the molecule is Cc1cccc(C(=O)N2CC(=O)CCC2(C)C)c1. The van der Waals surface area contributed by atoms with Crippen molar-refractivity contribution in [3.63, 3.8) is 0 Å². The average Bonchev–Trinajstić information content (AvgIpc) is 2.31. The normalized spacial score (nSPS) is 18.8. The lowest BCUT2D eigenvalue weighted by Crippen LogP contribution is -2.53. The molecule has 96 valence electrons. The fourth-order valence-electron chi connectivity index (χ4n) is 2.33. The Hall–Kier alpha value is -1.64. The van der Waals surface area contributed by atoms with E-state index < -0.39 is 0 Å². The Morgan fingerprint density at radius 1 is 1.33 bits per heavy atom. The number of carbonyl (C=O) groups excluding carboxylic acids is 2. The molecular weight excluding hydrogens is 226 g/mol. The van der Waals surface area contributed by atoms with Gasteiger partial charge in [-0.1, -0.05) is 17.7 Å². The minimum atomic E-state index is -0.241. The summed E-state index contributed by atoms with van der Waals surface area (Å²) in [6.07, 6.45) is 1.31. The number of aryl methyl sites for hydroxylation is 1. The van der Waals surface area contributed by atoms with Crippen LogP contribution < -0.4 is 0 Å². The van der Waals surface area contributed by atoms with Gasteiger partial charge in [0, 0.05) is 17.5 Å². The molecule has 0 saturated carbocycles. The molecule has 0 aliphatic carbocycles. The summed E-state index contributed by atoms with van der Waals surface area (Å²) in [5.74, 6) is 0.104. The summed E-state index contributed by atoms with van der Waals surface area (Å²) in [4.78, 5) is 25.8. The maximum Gasteiger partial charge on any atom is 0.254 e. The van der Waals surface area contributed by atoms with Crippen molar-refractivity contribution in [3.05, 3.63) is 35.4 Å². The number of nitrogens with zero attached hydrogens (tertiary/aromatic N) is 1. The Kier molecular flexibility index (Phi) is 3.24. The van der Waals surface area contributed by atoms with Crippen LogP contribution in [0.15, 0.2) is 24.3 Å². The molecule has 1 aromatic rings. The van der Waals surface area contributed by atoms with E-state index in [-0.39, 0.29) is 23.8 Å². The first-order valence-electron chi connectivity index (χ1n) is 6.30. The minimum Gasteiger partial charge on any atom is -0.326 e. The molecule has 1 aromatic carbocycles. The first-order chi connectivity index (χ1) is 8.40. The Labute approximate surface area is 108 Å². The smallest absolute Gasteiger partial charge is 0.254 e. The molecule has 0 N–H and O–H groups in total. The summed E-state index contributed by atoms with van der Waals surface area (Å²) in [5, 5.41) is 0. The number of amides is 1. The third-order valence-electron chi connectivity index (χ3n) is 3.59. The molecule has 3 heteroatoms. The first kappa shape index (κ1) is 12.8. The van der Waals surface area contributed by atoms with Gasteiger partial charge in [-0.15, -0.1) is 0 Å². The van der Waals surface area contributed by atoms with E-state index in [4.69, 9.17) is 0 Å². The minimum absolute atomic E-state index is 0.0447. The molecule has 1 aliphatic rings. The van der Waals surface area contributed by atoms with Crippen LogP contribution in [0.25, 0.3) is 0 Å². The second kappa shape index (κ2) is 4.56. The second-order valence-electron chi connectivity index (χ2n) is 5.61. The van der Waals surface area contributed by atoms with Gasteiger partial charge in [-0.3, -0.25) is 9.59 Å². The van der Waals surface area contributed by atoms with E-state index in [2.05, 4.69) is 0 Å². The van der Waals surface area contributed by atoms with Crippen LogP contribution in [-0.2, 0) is 4.79 Å². The largest absolute Gasteiger partial charge is 0.326 e. The lowest BCUT2D eigenvalue weighted by atomic mass is 9.89. The number of benzene rings is 1. The maximum absolute atomic E-state index is 12.5. The van der Waals surface area contributed by atoms with E-state index in [1.54, 1.807) is 4.90 Å². The predicted octanol–water partition coefficient (Wildman–Crippen LogP) is 2.58. The van der Waals surface area contributed by atoms with E-state index in [1.807, 2.05) is 45.0 Å². The highest BCUT2D eigenvalue weighted by Crippen LogP contribution is 2.27. The van der Waals surface area contributed by atoms with Gasteiger partial charge in [-0.25, -0.2) is 0 Å². The van der Waals surface area contributed by atoms with Crippen molar-refractivity contribution >= 4 is 11.7 Å². The molecule has 0 spiro atoms. The number of rotatable bonds is 1.